The van der Waals surface area contributed by atoms with Crippen molar-refractivity contribution in [1.82, 2.24) is 24.3 Å². The van der Waals surface area contributed by atoms with Crippen molar-refractivity contribution in [3.05, 3.63) is 78.6 Å². The number of fused-ring (bicyclic) bond motifs is 1. The average Bonchev–Trinajstić information content (AvgIpc) is 3.50. The van der Waals surface area contributed by atoms with Crippen molar-refractivity contribution < 1.29 is 9.84 Å². The first-order valence-electron chi connectivity index (χ1n) is 11.5. The first kappa shape index (κ1) is 22.8. The molecular weight excluding hydrogens is 440 g/mol. The van der Waals surface area contributed by atoms with Crippen LogP contribution in [-0.2, 0) is 24.9 Å². The van der Waals surface area contributed by atoms with E-state index in [1.807, 2.05) is 47.0 Å². The summed E-state index contributed by atoms with van der Waals surface area (Å²) < 4.78 is 8.94. The molecule has 0 saturated carbocycles. The molecule has 35 heavy (non-hydrogen) atoms. The number of nitrogens with zero attached hydrogens (tertiary/aromatic N) is 5. The first-order valence-corrected chi connectivity index (χ1v) is 11.5. The van der Waals surface area contributed by atoms with Crippen molar-refractivity contribution in [2.45, 2.75) is 20.1 Å². The molecule has 3 aromatic heterocycles. The van der Waals surface area contributed by atoms with E-state index >= 15 is 0 Å². The van der Waals surface area contributed by atoms with E-state index in [9.17, 15) is 5.11 Å². The quantitative estimate of drug-likeness (QED) is 0.343. The summed E-state index contributed by atoms with van der Waals surface area (Å²) in [6.45, 7) is 3.34. The molecule has 8 nitrogen and oxygen atoms in total. The molecule has 0 saturated heterocycles. The molecule has 3 heterocycles. The van der Waals surface area contributed by atoms with Crippen LogP contribution in [0.15, 0.2) is 67.3 Å². The maximum atomic E-state index is 9.42. The minimum atomic E-state index is -0.0827. The Hall–Kier alpha value is -4.01. The van der Waals surface area contributed by atoms with Gasteiger partial charge in [-0.15, -0.1) is 0 Å². The molecular formula is C27H28N6O2. The lowest BCUT2D eigenvalue weighted by Crippen LogP contribution is -2.03. The fraction of sp³-hybridized carbons (Fsp3) is 0.222. The molecule has 5 rings (SSSR count). The standard InChI is InChI=1S/C27H28N6O2/c1-18-10-20(25-15-29-27(17-34)32(25)2)6-7-24(18)31-26-12-22-11-19(4-5-21(22)13-28-26)23-14-30-33(16-23)8-9-35-3/h4-7,10-16,34H,8-9,17H2,1-3H3,(H,28,31). The van der Waals surface area contributed by atoms with Crippen molar-refractivity contribution in [2.24, 2.45) is 7.05 Å². The number of aryl methyl sites for hydroxylation is 1. The molecule has 0 aliphatic heterocycles. The third-order valence-electron chi connectivity index (χ3n) is 6.22. The molecule has 0 atom stereocenters. The highest BCUT2D eigenvalue weighted by Crippen LogP contribution is 2.29. The molecule has 0 amide bonds. The van der Waals surface area contributed by atoms with Crippen LogP contribution in [0.1, 0.15) is 11.4 Å². The summed E-state index contributed by atoms with van der Waals surface area (Å²) in [4.78, 5) is 8.89. The van der Waals surface area contributed by atoms with E-state index in [-0.39, 0.29) is 6.61 Å². The minimum Gasteiger partial charge on any atom is -0.388 e. The van der Waals surface area contributed by atoms with Gasteiger partial charge in [0.25, 0.3) is 0 Å². The van der Waals surface area contributed by atoms with Crippen LogP contribution in [0.2, 0.25) is 0 Å². The summed E-state index contributed by atoms with van der Waals surface area (Å²) in [5, 5.41) is 19.5. The van der Waals surface area contributed by atoms with Gasteiger partial charge in [-0.05, 0) is 47.7 Å². The molecule has 5 aromatic rings. The number of anilines is 2. The lowest BCUT2D eigenvalue weighted by atomic mass is 10.0. The zero-order valence-corrected chi connectivity index (χ0v) is 20.1. The molecule has 0 aliphatic rings. The second-order valence-electron chi connectivity index (χ2n) is 8.55. The summed E-state index contributed by atoms with van der Waals surface area (Å²) in [7, 11) is 3.60. The van der Waals surface area contributed by atoms with E-state index < -0.39 is 0 Å². The fourth-order valence-electron chi connectivity index (χ4n) is 4.17. The molecule has 2 N–H and O–H groups in total. The Morgan fingerprint density at radius 2 is 1.80 bits per heavy atom. The van der Waals surface area contributed by atoms with Crippen molar-refractivity contribution in [1.29, 1.82) is 0 Å². The van der Waals surface area contributed by atoms with E-state index in [4.69, 9.17) is 4.74 Å². The van der Waals surface area contributed by atoms with Crippen molar-refractivity contribution in [2.75, 3.05) is 19.0 Å². The Bertz CT molecular complexity index is 1490. The smallest absolute Gasteiger partial charge is 0.134 e. The predicted molar refractivity (Wildman–Crippen MR) is 137 cm³/mol. The summed E-state index contributed by atoms with van der Waals surface area (Å²) >= 11 is 0. The van der Waals surface area contributed by atoms with Crippen LogP contribution in [-0.4, -0.2) is 43.1 Å². The molecule has 0 bridgehead atoms. The van der Waals surface area contributed by atoms with Crippen LogP contribution in [0.25, 0.3) is 33.2 Å². The van der Waals surface area contributed by atoms with Crippen LogP contribution >= 0.6 is 0 Å². The van der Waals surface area contributed by atoms with Gasteiger partial charge in [0.15, 0.2) is 0 Å². The second kappa shape index (κ2) is 9.69. The Balaban J connectivity index is 1.39. The van der Waals surface area contributed by atoms with Gasteiger partial charge in [-0.2, -0.15) is 5.10 Å². The number of rotatable bonds is 8. The highest BCUT2D eigenvalue weighted by molar-refractivity contribution is 5.89. The lowest BCUT2D eigenvalue weighted by molar-refractivity contribution is 0.183. The van der Waals surface area contributed by atoms with E-state index in [0.717, 1.165) is 56.8 Å². The number of hydrogen-bond donors (Lipinski definition) is 2. The number of aliphatic hydroxyl groups is 1. The number of methoxy groups -OCH3 is 1. The fourth-order valence-corrected chi connectivity index (χ4v) is 4.17. The number of imidazole rings is 1. The van der Waals surface area contributed by atoms with Crippen molar-refractivity contribution >= 4 is 22.3 Å². The van der Waals surface area contributed by atoms with Crippen molar-refractivity contribution in [3.63, 3.8) is 0 Å². The first-order chi connectivity index (χ1) is 17.1. The van der Waals surface area contributed by atoms with Crippen LogP contribution in [0.4, 0.5) is 11.5 Å². The van der Waals surface area contributed by atoms with Crippen LogP contribution in [0, 0.1) is 6.92 Å². The molecule has 0 aliphatic carbocycles. The molecule has 0 fully saturated rings. The van der Waals surface area contributed by atoms with Crippen LogP contribution < -0.4 is 5.32 Å². The third-order valence-corrected chi connectivity index (χ3v) is 6.22. The van der Waals surface area contributed by atoms with Gasteiger partial charge < -0.3 is 19.7 Å². The molecule has 2 aromatic carbocycles. The Kier molecular flexibility index (Phi) is 6.31. The van der Waals surface area contributed by atoms with Crippen LogP contribution in [0.3, 0.4) is 0 Å². The SMILES string of the molecule is COCCn1cc(-c2ccc3cnc(Nc4ccc(-c5cnc(CO)n5C)cc4C)cc3c2)cn1. The number of aromatic nitrogens is 5. The molecule has 0 unspecified atom stereocenters. The molecule has 8 heteroatoms. The topological polar surface area (TPSA) is 90.0 Å². The number of ether oxygens (including phenoxy) is 1. The van der Waals surface area contributed by atoms with Gasteiger partial charge in [0.2, 0.25) is 0 Å². The maximum absolute atomic E-state index is 9.42. The highest BCUT2D eigenvalue weighted by Gasteiger charge is 2.10. The van der Waals surface area contributed by atoms with Gasteiger partial charge >= 0.3 is 0 Å². The van der Waals surface area contributed by atoms with Gasteiger partial charge in [-0.1, -0.05) is 18.2 Å². The van der Waals surface area contributed by atoms with Crippen LogP contribution in [0.5, 0.6) is 0 Å². The summed E-state index contributed by atoms with van der Waals surface area (Å²) in [6.07, 6.45) is 7.60. The van der Waals surface area contributed by atoms with E-state index in [2.05, 4.69) is 57.6 Å². The monoisotopic (exact) mass is 468 g/mol. The maximum Gasteiger partial charge on any atom is 0.134 e. The molecule has 0 spiro atoms. The number of hydrogen-bond acceptors (Lipinski definition) is 6. The average molecular weight is 469 g/mol. The van der Waals surface area contributed by atoms with E-state index in [1.165, 1.54) is 0 Å². The molecule has 0 radical (unpaired) electrons. The minimum absolute atomic E-state index is 0.0827. The normalized spacial score (nSPS) is 11.3. The predicted octanol–water partition coefficient (Wildman–Crippen LogP) is 4.69. The largest absolute Gasteiger partial charge is 0.388 e. The number of pyridine rings is 1. The second-order valence-corrected chi connectivity index (χ2v) is 8.55. The summed E-state index contributed by atoms with van der Waals surface area (Å²) in [5.41, 5.74) is 6.27. The molecule has 178 valence electrons. The third kappa shape index (κ3) is 4.66. The highest BCUT2D eigenvalue weighted by atomic mass is 16.5. The zero-order chi connectivity index (χ0) is 24.4. The summed E-state index contributed by atoms with van der Waals surface area (Å²) in [5.74, 6) is 1.42. The van der Waals surface area contributed by atoms with Gasteiger partial charge in [-0.25, -0.2) is 9.97 Å². The van der Waals surface area contributed by atoms with E-state index in [1.54, 1.807) is 13.3 Å². The lowest BCUT2D eigenvalue weighted by Gasteiger charge is -2.12. The summed E-state index contributed by atoms with van der Waals surface area (Å²) in [6, 6.07) is 14.6. The van der Waals surface area contributed by atoms with Gasteiger partial charge in [0, 0.05) is 48.8 Å². The Morgan fingerprint density at radius 1 is 0.943 bits per heavy atom. The zero-order valence-electron chi connectivity index (χ0n) is 20.1. The van der Waals surface area contributed by atoms with Gasteiger partial charge in [0.05, 0.1) is 31.2 Å². The van der Waals surface area contributed by atoms with E-state index in [0.29, 0.717) is 12.4 Å². The van der Waals surface area contributed by atoms with Gasteiger partial charge in [-0.3, -0.25) is 4.68 Å². The number of aliphatic hydroxyl groups excluding tert-OH is 1. The Morgan fingerprint density at radius 3 is 2.57 bits per heavy atom. The number of nitrogens with one attached hydrogen (secondary N) is 1. The Labute approximate surface area is 203 Å². The van der Waals surface area contributed by atoms with Gasteiger partial charge in [0.1, 0.15) is 18.2 Å². The van der Waals surface area contributed by atoms with Crippen molar-refractivity contribution in [3.8, 4) is 22.4 Å². The number of benzene rings is 2.